The van der Waals surface area contributed by atoms with Gasteiger partial charge in [-0.2, -0.15) is 0 Å². The number of hydrogen-bond donors (Lipinski definition) is 1. The van der Waals surface area contributed by atoms with E-state index in [0.29, 0.717) is 11.3 Å². The summed E-state index contributed by atoms with van der Waals surface area (Å²) in [5, 5.41) is 2.74. The number of carbonyl (C=O) groups excluding carboxylic acids is 2. The van der Waals surface area contributed by atoms with E-state index in [1.165, 1.54) is 24.3 Å². The molecule has 0 atom stereocenters. The average Bonchev–Trinajstić information content (AvgIpc) is 2.45. The van der Waals surface area contributed by atoms with Crippen LogP contribution < -0.4 is 5.32 Å². The second-order valence-corrected chi connectivity index (χ2v) is 5.73. The number of rotatable bonds is 5. The van der Waals surface area contributed by atoms with Gasteiger partial charge in [0.2, 0.25) is 5.91 Å². The molecule has 21 heavy (non-hydrogen) atoms. The van der Waals surface area contributed by atoms with Crippen LogP contribution in [-0.2, 0) is 4.79 Å². The third-order valence-electron chi connectivity index (χ3n) is 2.85. The summed E-state index contributed by atoms with van der Waals surface area (Å²) in [5.41, 5.74) is 1.12. The second-order valence-electron chi connectivity index (χ2n) is 4.49. The zero-order chi connectivity index (χ0) is 15.2. The zero-order valence-electron chi connectivity index (χ0n) is 11.1. The van der Waals surface area contributed by atoms with Crippen molar-refractivity contribution < 1.29 is 14.0 Å². The number of hydrogen-bond acceptors (Lipinski definition) is 2. The minimum Gasteiger partial charge on any atom is -0.326 e. The highest BCUT2D eigenvalue weighted by Gasteiger charge is 2.09. The molecule has 0 aliphatic heterocycles. The van der Waals surface area contributed by atoms with Crippen molar-refractivity contribution in [3.63, 3.8) is 0 Å². The largest absolute Gasteiger partial charge is 0.326 e. The summed E-state index contributed by atoms with van der Waals surface area (Å²) in [6.07, 6.45) is 0.197. The molecule has 3 nitrogen and oxygen atoms in total. The predicted molar refractivity (Wildman–Crippen MR) is 87.8 cm³/mol. The molecular weight excluding hydrogens is 384 g/mol. The number of ketones is 1. The Morgan fingerprint density at radius 2 is 1.76 bits per heavy atom. The van der Waals surface area contributed by atoms with Crippen molar-refractivity contribution in [1.82, 2.24) is 0 Å². The van der Waals surface area contributed by atoms with E-state index >= 15 is 0 Å². The van der Waals surface area contributed by atoms with Gasteiger partial charge in [-0.05, 0) is 65.1 Å². The molecule has 108 valence electrons. The summed E-state index contributed by atoms with van der Waals surface area (Å²) in [5.74, 6) is -0.775. The summed E-state index contributed by atoms with van der Waals surface area (Å²) in [7, 11) is 0. The van der Waals surface area contributed by atoms with Gasteiger partial charge in [-0.15, -0.1) is 0 Å². The molecule has 0 aromatic heterocycles. The van der Waals surface area contributed by atoms with Crippen molar-refractivity contribution in [1.29, 1.82) is 0 Å². The summed E-state index contributed by atoms with van der Waals surface area (Å²) in [6, 6.07) is 12.7. The number of anilines is 1. The van der Waals surface area contributed by atoms with E-state index in [1.807, 2.05) is 18.2 Å². The Bertz CT molecular complexity index is 656. The first kappa shape index (κ1) is 15.6. The van der Waals surface area contributed by atoms with Crippen LogP contribution in [0.5, 0.6) is 0 Å². The summed E-state index contributed by atoms with van der Waals surface area (Å²) >= 11 is 2.16. The Hall–Kier alpha value is -1.76. The molecular formula is C16H13FINO2. The highest BCUT2D eigenvalue weighted by molar-refractivity contribution is 14.1. The third kappa shape index (κ3) is 4.93. The maximum atomic E-state index is 12.8. The number of nitrogens with one attached hydrogen (secondary N) is 1. The van der Waals surface area contributed by atoms with Gasteiger partial charge in [-0.3, -0.25) is 9.59 Å². The first-order valence-electron chi connectivity index (χ1n) is 6.39. The van der Waals surface area contributed by atoms with Gasteiger partial charge in [0.05, 0.1) is 0 Å². The molecule has 2 aromatic carbocycles. The Labute approximate surface area is 135 Å². The van der Waals surface area contributed by atoms with Gasteiger partial charge in [0.1, 0.15) is 5.82 Å². The molecule has 0 saturated carbocycles. The Morgan fingerprint density at radius 3 is 2.43 bits per heavy atom. The molecule has 5 heteroatoms. The number of benzene rings is 2. The molecule has 0 spiro atoms. The van der Waals surface area contributed by atoms with Gasteiger partial charge in [0.15, 0.2) is 5.78 Å². The Kier molecular flexibility index (Phi) is 5.44. The molecule has 1 N–H and O–H groups in total. The van der Waals surface area contributed by atoms with Crippen molar-refractivity contribution >= 4 is 40.0 Å². The van der Waals surface area contributed by atoms with Crippen LogP contribution in [0, 0.1) is 9.39 Å². The van der Waals surface area contributed by atoms with Crippen LogP contribution in [0.3, 0.4) is 0 Å². The van der Waals surface area contributed by atoms with E-state index in [1.54, 1.807) is 6.07 Å². The van der Waals surface area contributed by atoms with Crippen LogP contribution in [0.15, 0.2) is 48.5 Å². The predicted octanol–water partition coefficient (Wildman–Crippen LogP) is 4.03. The minimum atomic E-state index is -0.386. The minimum absolute atomic E-state index is 0.0986. The van der Waals surface area contributed by atoms with Gasteiger partial charge in [-0.1, -0.05) is 6.07 Å². The van der Waals surface area contributed by atoms with Crippen LogP contribution in [0.1, 0.15) is 23.2 Å². The molecule has 0 unspecified atom stereocenters. The molecule has 0 bridgehead atoms. The van der Waals surface area contributed by atoms with E-state index < -0.39 is 0 Å². The lowest BCUT2D eigenvalue weighted by atomic mass is 10.1. The van der Waals surface area contributed by atoms with Gasteiger partial charge in [0.25, 0.3) is 0 Å². The molecule has 0 aliphatic rings. The third-order valence-corrected chi connectivity index (χ3v) is 3.52. The van der Waals surface area contributed by atoms with E-state index in [2.05, 4.69) is 27.9 Å². The van der Waals surface area contributed by atoms with Crippen LogP contribution in [-0.4, -0.2) is 11.7 Å². The number of carbonyl (C=O) groups is 2. The Morgan fingerprint density at radius 1 is 1.05 bits per heavy atom. The van der Waals surface area contributed by atoms with E-state index in [4.69, 9.17) is 0 Å². The fourth-order valence-corrected chi connectivity index (χ4v) is 2.34. The standard InChI is InChI=1S/C16H13FINO2/c17-12-6-4-11(5-7-12)15(20)8-9-16(21)19-14-3-1-2-13(18)10-14/h1-7,10H,8-9H2,(H,19,21). The second kappa shape index (κ2) is 7.31. The first-order chi connectivity index (χ1) is 10.0. The number of amides is 1. The quantitative estimate of drug-likeness (QED) is 0.612. The molecule has 0 saturated heterocycles. The van der Waals surface area contributed by atoms with Gasteiger partial charge in [0, 0.05) is 27.7 Å². The van der Waals surface area contributed by atoms with Gasteiger partial charge in [-0.25, -0.2) is 4.39 Å². The monoisotopic (exact) mass is 397 g/mol. The average molecular weight is 397 g/mol. The van der Waals surface area contributed by atoms with E-state index in [-0.39, 0.29) is 30.3 Å². The maximum Gasteiger partial charge on any atom is 0.224 e. The number of halogens is 2. The fraction of sp³-hybridized carbons (Fsp3) is 0.125. The molecule has 0 fully saturated rings. The molecule has 2 aromatic rings. The van der Waals surface area contributed by atoms with Crippen LogP contribution in [0.25, 0.3) is 0 Å². The first-order valence-corrected chi connectivity index (χ1v) is 7.46. The zero-order valence-corrected chi connectivity index (χ0v) is 13.3. The number of Topliss-reactive ketones (excluding diaryl/α,β-unsaturated/α-hetero) is 1. The lowest BCUT2D eigenvalue weighted by Gasteiger charge is -2.05. The maximum absolute atomic E-state index is 12.8. The summed E-state index contributed by atoms with van der Waals surface area (Å²) in [4.78, 5) is 23.7. The highest BCUT2D eigenvalue weighted by atomic mass is 127. The lowest BCUT2D eigenvalue weighted by molar-refractivity contribution is -0.116. The molecule has 0 heterocycles. The van der Waals surface area contributed by atoms with Crippen molar-refractivity contribution in [2.75, 3.05) is 5.32 Å². The van der Waals surface area contributed by atoms with Crippen molar-refractivity contribution in [2.24, 2.45) is 0 Å². The topological polar surface area (TPSA) is 46.2 Å². The van der Waals surface area contributed by atoms with Crippen LogP contribution >= 0.6 is 22.6 Å². The lowest BCUT2D eigenvalue weighted by Crippen LogP contribution is -2.13. The van der Waals surface area contributed by atoms with Crippen molar-refractivity contribution in [3.8, 4) is 0 Å². The SMILES string of the molecule is O=C(CCC(=O)c1ccc(F)cc1)Nc1cccc(I)c1. The normalized spacial score (nSPS) is 10.2. The molecule has 2 rings (SSSR count). The van der Waals surface area contributed by atoms with Gasteiger partial charge < -0.3 is 5.32 Å². The van der Waals surface area contributed by atoms with E-state index in [0.717, 1.165) is 3.57 Å². The van der Waals surface area contributed by atoms with Crippen LogP contribution in [0.4, 0.5) is 10.1 Å². The molecule has 0 aliphatic carbocycles. The Balaban J connectivity index is 1.86. The highest BCUT2D eigenvalue weighted by Crippen LogP contribution is 2.13. The summed E-state index contributed by atoms with van der Waals surface area (Å²) < 4.78 is 13.8. The molecule has 0 radical (unpaired) electrons. The van der Waals surface area contributed by atoms with Crippen molar-refractivity contribution in [2.45, 2.75) is 12.8 Å². The van der Waals surface area contributed by atoms with E-state index in [9.17, 15) is 14.0 Å². The fourth-order valence-electron chi connectivity index (χ4n) is 1.80. The van der Waals surface area contributed by atoms with Crippen LogP contribution in [0.2, 0.25) is 0 Å². The smallest absolute Gasteiger partial charge is 0.224 e. The molecule has 1 amide bonds. The van der Waals surface area contributed by atoms with Gasteiger partial charge >= 0.3 is 0 Å². The van der Waals surface area contributed by atoms with Crippen molar-refractivity contribution in [3.05, 3.63) is 63.5 Å². The summed E-state index contributed by atoms with van der Waals surface area (Å²) in [6.45, 7) is 0.